The maximum Gasteiger partial charge on any atom is 0.247 e. The SMILES string of the molecule is CC(C)C#Cc1ccc2c(c1)O[C@@H](CN(C)C(=O)CN(C)C)[C@H](C)CN([C@@H](C)CO)S2(=O)=O. The van der Waals surface area contributed by atoms with Crippen molar-refractivity contribution in [1.82, 2.24) is 14.1 Å². The van der Waals surface area contributed by atoms with Crippen molar-refractivity contribution in [1.29, 1.82) is 0 Å². The molecular formula is C24H37N3O5S. The van der Waals surface area contributed by atoms with E-state index in [1.807, 2.05) is 34.9 Å². The Hall–Kier alpha value is -2.12. The fraction of sp³-hybridized carbons (Fsp3) is 0.625. The van der Waals surface area contributed by atoms with Crippen LogP contribution in [0.3, 0.4) is 0 Å². The molecule has 0 unspecified atom stereocenters. The Labute approximate surface area is 198 Å². The average molecular weight is 480 g/mol. The second-order valence-corrected chi connectivity index (χ2v) is 11.2. The van der Waals surface area contributed by atoms with E-state index < -0.39 is 22.2 Å². The molecule has 184 valence electrons. The van der Waals surface area contributed by atoms with Gasteiger partial charge in [-0.25, -0.2) is 8.42 Å². The Morgan fingerprint density at radius 1 is 1.27 bits per heavy atom. The zero-order chi connectivity index (χ0) is 24.9. The number of nitrogens with zero attached hydrogens (tertiary/aromatic N) is 3. The van der Waals surface area contributed by atoms with Crippen LogP contribution in [-0.2, 0) is 14.8 Å². The van der Waals surface area contributed by atoms with Crippen molar-refractivity contribution in [3.05, 3.63) is 23.8 Å². The zero-order valence-corrected chi connectivity index (χ0v) is 21.5. The van der Waals surface area contributed by atoms with Gasteiger partial charge in [-0.1, -0.05) is 32.6 Å². The molecule has 1 aliphatic heterocycles. The second kappa shape index (κ2) is 11.3. The highest BCUT2D eigenvalue weighted by Gasteiger charge is 2.38. The van der Waals surface area contributed by atoms with Crippen LogP contribution in [0.25, 0.3) is 0 Å². The van der Waals surface area contributed by atoms with E-state index in [0.717, 1.165) is 0 Å². The Balaban J connectivity index is 2.53. The number of carbonyl (C=O) groups excluding carboxylic acids is 1. The Morgan fingerprint density at radius 3 is 2.52 bits per heavy atom. The molecular weight excluding hydrogens is 442 g/mol. The molecule has 0 fully saturated rings. The van der Waals surface area contributed by atoms with Gasteiger partial charge in [0, 0.05) is 37.0 Å². The lowest BCUT2D eigenvalue weighted by atomic mass is 10.0. The Bertz CT molecular complexity index is 997. The second-order valence-electron chi connectivity index (χ2n) is 9.34. The first-order valence-corrected chi connectivity index (χ1v) is 12.6. The number of hydrogen-bond acceptors (Lipinski definition) is 6. The van der Waals surface area contributed by atoms with Crippen LogP contribution in [0.5, 0.6) is 5.75 Å². The number of benzene rings is 1. The van der Waals surface area contributed by atoms with Gasteiger partial charge in [0.25, 0.3) is 0 Å². The van der Waals surface area contributed by atoms with Gasteiger partial charge in [-0.05, 0) is 39.2 Å². The monoisotopic (exact) mass is 479 g/mol. The molecule has 0 saturated carbocycles. The van der Waals surface area contributed by atoms with E-state index >= 15 is 0 Å². The first kappa shape index (κ1) is 27.1. The fourth-order valence-corrected chi connectivity index (χ4v) is 5.34. The third-order valence-corrected chi connectivity index (χ3v) is 7.52. The van der Waals surface area contributed by atoms with Crippen LogP contribution in [0.15, 0.2) is 23.1 Å². The van der Waals surface area contributed by atoms with Crippen molar-refractivity contribution in [3.63, 3.8) is 0 Å². The predicted molar refractivity (Wildman–Crippen MR) is 128 cm³/mol. The molecule has 0 radical (unpaired) electrons. The number of fused-ring (bicyclic) bond motifs is 1. The van der Waals surface area contributed by atoms with Crippen LogP contribution in [0, 0.1) is 23.7 Å². The normalized spacial score (nSPS) is 21.3. The summed E-state index contributed by atoms with van der Waals surface area (Å²) in [6.45, 7) is 7.97. The molecule has 0 spiro atoms. The number of aliphatic hydroxyl groups excluding tert-OH is 1. The maximum atomic E-state index is 13.5. The zero-order valence-electron chi connectivity index (χ0n) is 20.7. The summed E-state index contributed by atoms with van der Waals surface area (Å²) < 4.78 is 34.6. The molecule has 9 heteroatoms. The Kier molecular flexibility index (Phi) is 9.32. The number of rotatable bonds is 6. The molecule has 8 nitrogen and oxygen atoms in total. The first-order chi connectivity index (χ1) is 15.4. The lowest BCUT2D eigenvalue weighted by Gasteiger charge is -2.37. The van der Waals surface area contributed by atoms with Crippen molar-refractivity contribution in [2.75, 3.05) is 47.4 Å². The van der Waals surface area contributed by atoms with Crippen LogP contribution in [0.2, 0.25) is 0 Å². The van der Waals surface area contributed by atoms with Crippen LogP contribution < -0.4 is 4.74 Å². The van der Waals surface area contributed by atoms with E-state index in [1.54, 1.807) is 35.9 Å². The van der Waals surface area contributed by atoms with Gasteiger partial charge < -0.3 is 19.6 Å². The summed E-state index contributed by atoms with van der Waals surface area (Å²) in [4.78, 5) is 16.0. The van der Waals surface area contributed by atoms with Gasteiger partial charge in [0.2, 0.25) is 15.9 Å². The smallest absolute Gasteiger partial charge is 0.247 e. The summed E-state index contributed by atoms with van der Waals surface area (Å²) in [5.74, 6) is 6.24. The highest BCUT2D eigenvalue weighted by Crippen LogP contribution is 2.34. The minimum Gasteiger partial charge on any atom is -0.487 e. The van der Waals surface area contributed by atoms with Crippen LogP contribution in [-0.4, -0.2) is 93.1 Å². The van der Waals surface area contributed by atoms with E-state index in [2.05, 4.69) is 11.8 Å². The van der Waals surface area contributed by atoms with Gasteiger partial charge in [-0.2, -0.15) is 4.31 Å². The number of sulfonamides is 1. The van der Waals surface area contributed by atoms with Crippen molar-refractivity contribution < 1.29 is 23.1 Å². The summed E-state index contributed by atoms with van der Waals surface area (Å²) in [7, 11) is 1.47. The van der Waals surface area contributed by atoms with Crippen molar-refractivity contribution in [2.24, 2.45) is 11.8 Å². The molecule has 1 aromatic rings. The number of aliphatic hydroxyl groups is 1. The summed E-state index contributed by atoms with van der Waals surface area (Å²) >= 11 is 0. The molecule has 0 aromatic heterocycles. The quantitative estimate of drug-likeness (QED) is 0.622. The van der Waals surface area contributed by atoms with E-state index in [-0.39, 0.29) is 48.1 Å². The van der Waals surface area contributed by atoms with E-state index in [9.17, 15) is 18.3 Å². The van der Waals surface area contributed by atoms with Gasteiger partial charge >= 0.3 is 0 Å². The summed E-state index contributed by atoms with van der Waals surface area (Å²) in [5.41, 5.74) is 0.656. The lowest BCUT2D eigenvalue weighted by Crippen LogP contribution is -2.50. The third kappa shape index (κ3) is 6.93. The van der Waals surface area contributed by atoms with E-state index in [4.69, 9.17) is 4.74 Å². The van der Waals surface area contributed by atoms with Gasteiger partial charge in [0.15, 0.2) is 0 Å². The highest BCUT2D eigenvalue weighted by molar-refractivity contribution is 7.89. The molecule has 2 rings (SSSR count). The number of likely N-dealkylation sites (N-methyl/N-ethyl adjacent to an activating group) is 2. The summed E-state index contributed by atoms with van der Waals surface area (Å²) in [6.07, 6.45) is -0.447. The molecule has 1 amide bonds. The van der Waals surface area contributed by atoms with E-state index in [0.29, 0.717) is 12.1 Å². The predicted octanol–water partition coefficient (Wildman–Crippen LogP) is 1.48. The first-order valence-electron chi connectivity index (χ1n) is 11.2. The lowest BCUT2D eigenvalue weighted by molar-refractivity contribution is -0.132. The third-order valence-electron chi connectivity index (χ3n) is 5.50. The van der Waals surface area contributed by atoms with Crippen molar-refractivity contribution >= 4 is 15.9 Å². The summed E-state index contributed by atoms with van der Waals surface area (Å²) in [6, 6.07) is 4.23. The number of hydrogen-bond donors (Lipinski definition) is 1. The molecule has 0 aliphatic carbocycles. The van der Waals surface area contributed by atoms with Gasteiger partial charge in [0.05, 0.1) is 19.7 Å². The van der Waals surface area contributed by atoms with Crippen LogP contribution >= 0.6 is 0 Å². The molecule has 0 bridgehead atoms. The number of carbonyl (C=O) groups is 1. The van der Waals surface area contributed by atoms with Crippen molar-refractivity contribution in [2.45, 2.75) is 44.7 Å². The standard InChI is InChI=1S/C24H37N3O5S/c1-17(2)8-9-20-10-11-23-21(12-20)32-22(14-26(7)24(29)15-25(5)6)18(3)13-27(19(4)16-28)33(23,30)31/h10-12,17-19,22,28H,13-16H2,1-7H3/t18-,19+,22+/m1/s1. The molecule has 3 atom stereocenters. The molecule has 1 aliphatic rings. The maximum absolute atomic E-state index is 13.5. The van der Waals surface area contributed by atoms with Gasteiger partial charge in [-0.15, -0.1) is 0 Å². The number of ether oxygens (including phenoxy) is 1. The number of amides is 1. The van der Waals surface area contributed by atoms with E-state index in [1.165, 1.54) is 10.4 Å². The molecule has 1 heterocycles. The van der Waals surface area contributed by atoms with Gasteiger partial charge in [0.1, 0.15) is 16.7 Å². The molecule has 1 N–H and O–H groups in total. The minimum absolute atomic E-state index is 0.0390. The largest absolute Gasteiger partial charge is 0.487 e. The fourth-order valence-electron chi connectivity index (χ4n) is 3.51. The summed E-state index contributed by atoms with van der Waals surface area (Å²) in [5, 5.41) is 9.74. The molecule has 0 saturated heterocycles. The van der Waals surface area contributed by atoms with Crippen LogP contribution in [0.4, 0.5) is 0 Å². The Morgan fingerprint density at radius 2 is 1.94 bits per heavy atom. The molecule has 1 aromatic carbocycles. The minimum atomic E-state index is -3.91. The molecule has 33 heavy (non-hydrogen) atoms. The van der Waals surface area contributed by atoms with Crippen molar-refractivity contribution in [3.8, 4) is 17.6 Å². The highest BCUT2D eigenvalue weighted by atomic mass is 32.2. The van der Waals surface area contributed by atoms with Gasteiger partial charge in [-0.3, -0.25) is 4.79 Å². The topological polar surface area (TPSA) is 90.4 Å². The average Bonchev–Trinajstić information content (AvgIpc) is 2.73. The van der Waals surface area contributed by atoms with Crippen LogP contribution in [0.1, 0.15) is 33.3 Å².